The summed E-state index contributed by atoms with van der Waals surface area (Å²) in [4.78, 5) is 28.0. The number of para-hydroxylation sites is 1. The van der Waals surface area contributed by atoms with Gasteiger partial charge in [-0.1, -0.05) is 25.1 Å². The van der Waals surface area contributed by atoms with E-state index in [9.17, 15) is 9.59 Å². The van der Waals surface area contributed by atoms with E-state index in [-0.39, 0.29) is 47.3 Å². The predicted molar refractivity (Wildman–Crippen MR) is 130 cm³/mol. The number of amides is 2. The molecule has 2 amide bonds. The summed E-state index contributed by atoms with van der Waals surface area (Å²) in [5, 5.41) is 15.0. The van der Waals surface area contributed by atoms with Crippen molar-refractivity contribution in [3.05, 3.63) is 29.8 Å². The average molecular weight is 471 g/mol. The number of fused-ring (bicyclic) bond motifs is 1. The van der Waals surface area contributed by atoms with Crippen molar-refractivity contribution in [2.75, 3.05) is 13.7 Å². The highest BCUT2D eigenvalue weighted by Crippen LogP contribution is 2.46. The van der Waals surface area contributed by atoms with Gasteiger partial charge in [-0.05, 0) is 52.0 Å². The summed E-state index contributed by atoms with van der Waals surface area (Å²) in [5.41, 5.74) is 0.225. The van der Waals surface area contributed by atoms with Gasteiger partial charge >= 0.3 is 0 Å². The number of nitrogens with one attached hydrogen (secondary N) is 3. The molecule has 3 aliphatic rings. The number of carbonyl (C=O) groups excluding carboxylic acids is 2. The van der Waals surface area contributed by atoms with Crippen molar-refractivity contribution in [3.8, 4) is 5.75 Å². The van der Waals surface area contributed by atoms with Crippen LogP contribution in [0.1, 0.15) is 71.4 Å². The Morgan fingerprint density at radius 3 is 2.76 bits per heavy atom. The van der Waals surface area contributed by atoms with Gasteiger partial charge in [0.15, 0.2) is 5.96 Å². The Morgan fingerprint density at radius 1 is 1.35 bits per heavy atom. The van der Waals surface area contributed by atoms with E-state index < -0.39 is 5.54 Å². The van der Waals surface area contributed by atoms with Gasteiger partial charge in [0.2, 0.25) is 11.8 Å². The first-order valence-electron chi connectivity index (χ1n) is 12.3. The van der Waals surface area contributed by atoms with Gasteiger partial charge in [-0.2, -0.15) is 0 Å². The molecule has 0 radical (unpaired) electrons. The van der Waals surface area contributed by atoms with Gasteiger partial charge in [0, 0.05) is 43.2 Å². The third-order valence-electron chi connectivity index (χ3n) is 7.56. The highest BCUT2D eigenvalue weighted by atomic mass is 16.5. The lowest BCUT2D eigenvalue weighted by molar-refractivity contribution is -0.133. The molecule has 34 heavy (non-hydrogen) atoms. The van der Waals surface area contributed by atoms with E-state index in [1.807, 2.05) is 52.0 Å². The van der Waals surface area contributed by atoms with Crippen molar-refractivity contribution in [2.24, 2.45) is 11.8 Å². The number of guanidine groups is 1. The average Bonchev–Trinajstić information content (AvgIpc) is 3.55. The minimum absolute atomic E-state index is 0.00673. The SMILES string of the molecule is CC[C@@]1(C)CC(=O)N(C(CCOC)[C@@H]2C[C@H]2C(=O)N[C@H]2CC(C)(C)Oc3ccccc32)C(=N)N1. The zero-order valence-corrected chi connectivity index (χ0v) is 20.9. The molecule has 1 saturated heterocycles. The smallest absolute Gasteiger partial charge is 0.231 e. The lowest BCUT2D eigenvalue weighted by Gasteiger charge is -2.43. The summed E-state index contributed by atoms with van der Waals surface area (Å²) in [6.07, 6.45) is 3.09. The summed E-state index contributed by atoms with van der Waals surface area (Å²) in [7, 11) is 1.63. The molecule has 1 aromatic rings. The Morgan fingerprint density at radius 2 is 2.09 bits per heavy atom. The van der Waals surface area contributed by atoms with Crippen LogP contribution in [0, 0.1) is 17.2 Å². The monoisotopic (exact) mass is 470 g/mol. The Balaban J connectivity index is 1.47. The maximum Gasteiger partial charge on any atom is 0.231 e. The van der Waals surface area contributed by atoms with Gasteiger partial charge in [-0.3, -0.25) is 19.9 Å². The maximum atomic E-state index is 13.3. The molecule has 0 spiro atoms. The van der Waals surface area contributed by atoms with Crippen LogP contribution in [0.3, 0.4) is 0 Å². The summed E-state index contributed by atoms with van der Waals surface area (Å²) < 4.78 is 11.4. The number of methoxy groups -OCH3 is 1. The number of hydrogen-bond acceptors (Lipinski definition) is 5. The molecule has 1 aromatic carbocycles. The number of rotatable bonds is 8. The van der Waals surface area contributed by atoms with Crippen LogP contribution in [0.15, 0.2) is 24.3 Å². The van der Waals surface area contributed by atoms with E-state index in [0.717, 1.165) is 17.7 Å². The first kappa shape index (κ1) is 24.5. The molecule has 0 bridgehead atoms. The summed E-state index contributed by atoms with van der Waals surface area (Å²) >= 11 is 0. The lowest BCUT2D eigenvalue weighted by Crippen LogP contribution is -2.63. The normalized spacial score (nSPS) is 30.6. The van der Waals surface area contributed by atoms with Crippen molar-refractivity contribution < 1.29 is 19.1 Å². The summed E-state index contributed by atoms with van der Waals surface area (Å²) in [5.74, 6) is 0.725. The standard InChI is InChI=1S/C26H38N4O4/c1-6-26(4)15-22(31)30(24(27)29-26)20(11-12-33-5)17-13-18(17)23(32)28-19-14-25(2,3)34-21-10-8-7-9-16(19)21/h7-10,17-20H,6,11-15H2,1-5H3,(H2,27,29)(H,28,32)/t17-,18-,19+,20?,26+/m1/s1. The van der Waals surface area contributed by atoms with Crippen LogP contribution in [0.5, 0.6) is 5.75 Å². The molecular formula is C26H38N4O4. The van der Waals surface area contributed by atoms with Crippen molar-refractivity contribution >= 4 is 17.8 Å². The Labute approximate surface area is 202 Å². The molecule has 5 atom stereocenters. The van der Waals surface area contributed by atoms with Crippen LogP contribution in [-0.4, -0.2) is 53.6 Å². The fourth-order valence-electron chi connectivity index (χ4n) is 5.42. The molecule has 2 aliphatic heterocycles. The zero-order valence-electron chi connectivity index (χ0n) is 20.9. The van der Waals surface area contributed by atoms with Gasteiger partial charge in [0.1, 0.15) is 11.4 Å². The molecule has 8 nitrogen and oxygen atoms in total. The summed E-state index contributed by atoms with van der Waals surface area (Å²) in [6.45, 7) is 8.53. The maximum absolute atomic E-state index is 13.3. The zero-order chi connectivity index (χ0) is 24.7. The second-order valence-electron chi connectivity index (χ2n) is 10.8. The number of benzene rings is 1. The molecule has 1 saturated carbocycles. The van der Waals surface area contributed by atoms with Gasteiger partial charge in [-0.25, -0.2) is 0 Å². The highest BCUT2D eigenvalue weighted by Gasteiger charge is 2.53. The first-order chi connectivity index (χ1) is 16.1. The van der Waals surface area contributed by atoms with E-state index in [4.69, 9.17) is 14.9 Å². The lowest BCUT2D eigenvalue weighted by atomic mass is 9.89. The Kier molecular flexibility index (Phi) is 6.64. The van der Waals surface area contributed by atoms with E-state index in [2.05, 4.69) is 10.6 Å². The van der Waals surface area contributed by atoms with Crippen molar-refractivity contribution in [1.29, 1.82) is 5.41 Å². The van der Waals surface area contributed by atoms with Crippen LogP contribution in [-0.2, 0) is 14.3 Å². The second kappa shape index (κ2) is 9.21. The first-order valence-corrected chi connectivity index (χ1v) is 12.3. The highest BCUT2D eigenvalue weighted by molar-refractivity contribution is 5.99. The third kappa shape index (κ3) is 4.92. The largest absolute Gasteiger partial charge is 0.487 e. The third-order valence-corrected chi connectivity index (χ3v) is 7.56. The molecule has 3 N–H and O–H groups in total. The second-order valence-corrected chi connectivity index (χ2v) is 10.8. The summed E-state index contributed by atoms with van der Waals surface area (Å²) in [6, 6.07) is 7.51. The Bertz CT molecular complexity index is 944. The van der Waals surface area contributed by atoms with Gasteiger partial charge in [-0.15, -0.1) is 0 Å². The van der Waals surface area contributed by atoms with Crippen molar-refractivity contribution in [2.45, 2.75) is 83.0 Å². The topological polar surface area (TPSA) is 104 Å². The number of ether oxygens (including phenoxy) is 2. The van der Waals surface area contributed by atoms with E-state index in [1.165, 1.54) is 0 Å². The Hall–Kier alpha value is -2.61. The van der Waals surface area contributed by atoms with E-state index in [0.29, 0.717) is 32.3 Å². The molecule has 1 aliphatic carbocycles. The molecule has 2 fully saturated rings. The molecular weight excluding hydrogens is 432 g/mol. The van der Waals surface area contributed by atoms with Crippen molar-refractivity contribution in [1.82, 2.24) is 15.5 Å². The number of carbonyl (C=O) groups is 2. The number of nitrogens with zero attached hydrogens (tertiary/aromatic N) is 1. The van der Waals surface area contributed by atoms with Gasteiger partial charge in [0.05, 0.1) is 12.5 Å². The van der Waals surface area contributed by atoms with Gasteiger partial charge in [0.25, 0.3) is 0 Å². The molecule has 186 valence electrons. The predicted octanol–water partition coefficient (Wildman–Crippen LogP) is 3.37. The van der Waals surface area contributed by atoms with Crippen molar-refractivity contribution in [3.63, 3.8) is 0 Å². The quantitative estimate of drug-likeness (QED) is 0.540. The fraction of sp³-hybridized carbons (Fsp3) is 0.654. The minimum Gasteiger partial charge on any atom is -0.487 e. The minimum atomic E-state index is -0.403. The molecule has 8 heteroatoms. The number of hydrogen-bond donors (Lipinski definition) is 3. The van der Waals surface area contributed by atoms with Crippen LogP contribution in [0.25, 0.3) is 0 Å². The van der Waals surface area contributed by atoms with Crippen LogP contribution >= 0.6 is 0 Å². The van der Waals surface area contributed by atoms with Crippen LogP contribution in [0.4, 0.5) is 0 Å². The molecule has 2 heterocycles. The molecule has 0 aromatic heterocycles. The molecule has 1 unspecified atom stereocenters. The van der Waals surface area contributed by atoms with Crippen LogP contribution < -0.4 is 15.4 Å². The van der Waals surface area contributed by atoms with E-state index in [1.54, 1.807) is 12.0 Å². The van der Waals surface area contributed by atoms with Crippen LogP contribution in [0.2, 0.25) is 0 Å². The fourth-order valence-corrected chi connectivity index (χ4v) is 5.42. The van der Waals surface area contributed by atoms with Gasteiger partial charge < -0.3 is 20.1 Å². The molecule has 4 rings (SSSR count). The van der Waals surface area contributed by atoms with E-state index >= 15 is 0 Å².